The lowest BCUT2D eigenvalue weighted by Crippen LogP contribution is -2.25. The second-order valence-corrected chi connectivity index (χ2v) is 12.1. The Morgan fingerprint density at radius 2 is 1.46 bits per heavy atom. The van der Waals surface area contributed by atoms with Crippen molar-refractivity contribution >= 4 is 11.9 Å². The predicted molar refractivity (Wildman–Crippen MR) is 151 cm³/mol. The summed E-state index contributed by atoms with van der Waals surface area (Å²) in [6.45, 7) is 15.4. The Labute approximate surface area is 225 Å². The van der Waals surface area contributed by atoms with E-state index in [4.69, 9.17) is 14.6 Å². The van der Waals surface area contributed by atoms with Gasteiger partial charge in [0.2, 0.25) is 0 Å². The Hall–Kier alpha value is -2.04. The summed E-state index contributed by atoms with van der Waals surface area (Å²) in [5.41, 5.74) is 3.97. The van der Waals surface area contributed by atoms with E-state index in [9.17, 15) is 9.59 Å². The molecule has 3 unspecified atom stereocenters. The number of esters is 1. The molecule has 0 aromatic heterocycles. The van der Waals surface area contributed by atoms with Crippen LogP contribution >= 0.6 is 0 Å². The zero-order chi connectivity index (χ0) is 27.5. The van der Waals surface area contributed by atoms with Crippen molar-refractivity contribution in [3.8, 4) is 11.5 Å². The van der Waals surface area contributed by atoms with Gasteiger partial charge >= 0.3 is 11.9 Å². The Balaban J connectivity index is 1.80. The van der Waals surface area contributed by atoms with Crippen LogP contribution in [0.5, 0.6) is 11.5 Å². The zero-order valence-corrected chi connectivity index (χ0v) is 24.6. The molecule has 0 bridgehead atoms. The summed E-state index contributed by atoms with van der Waals surface area (Å²) < 4.78 is 12.1. The Bertz CT molecular complexity index is 888. The summed E-state index contributed by atoms with van der Waals surface area (Å²) in [6, 6.07) is 0. The Morgan fingerprint density at radius 3 is 2.05 bits per heavy atom. The number of fused-ring (bicyclic) bond motifs is 1. The monoisotopic (exact) mass is 516 g/mol. The first-order valence-electron chi connectivity index (χ1n) is 14.7. The fourth-order valence-electron chi connectivity index (χ4n) is 5.55. The van der Waals surface area contributed by atoms with Crippen molar-refractivity contribution in [2.45, 2.75) is 138 Å². The number of carbonyl (C=O) groups excluding carboxylic acids is 1. The predicted octanol–water partition coefficient (Wildman–Crippen LogP) is 8.51. The van der Waals surface area contributed by atoms with Gasteiger partial charge in [-0.25, -0.2) is 0 Å². The largest absolute Gasteiger partial charge is 0.490 e. The molecule has 0 saturated carbocycles. The van der Waals surface area contributed by atoms with Crippen LogP contribution in [0.1, 0.15) is 127 Å². The summed E-state index contributed by atoms with van der Waals surface area (Å²) in [7, 11) is 0. The number of carboxylic acids is 1. The van der Waals surface area contributed by atoms with Crippen molar-refractivity contribution in [3.63, 3.8) is 0 Å². The van der Waals surface area contributed by atoms with Gasteiger partial charge < -0.3 is 14.6 Å². The van der Waals surface area contributed by atoms with Crippen LogP contribution in [0.15, 0.2) is 0 Å². The number of aliphatic carboxylic acids is 1. The first-order valence-corrected chi connectivity index (χ1v) is 14.7. The van der Waals surface area contributed by atoms with E-state index in [1.807, 2.05) is 20.8 Å². The molecule has 0 aliphatic carbocycles. The van der Waals surface area contributed by atoms with Crippen LogP contribution in [0.2, 0.25) is 0 Å². The molecule has 0 spiro atoms. The fraction of sp³-hybridized carbons (Fsp3) is 0.750. The lowest BCUT2D eigenvalue weighted by Gasteiger charge is -2.31. The fourth-order valence-corrected chi connectivity index (χ4v) is 5.55. The van der Waals surface area contributed by atoms with Gasteiger partial charge in [0.25, 0.3) is 0 Å². The van der Waals surface area contributed by atoms with Crippen molar-refractivity contribution in [2.24, 2.45) is 17.8 Å². The zero-order valence-electron chi connectivity index (χ0n) is 24.6. The molecule has 5 nitrogen and oxygen atoms in total. The first kappa shape index (κ1) is 31.2. The normalized spacial score (nSPS) is 16.7. The lowest BCUT2D eigenvalue weighted by molar-refractivity contribution is -0.142. The molecule has 0 saturated heterocycles. The summed E-state index contributed by atoms with van der Waals surface area (Å²) in [4.78, 5) is 22.9. The molecule has 1 heterocycles. The third kappa shape index (κ3) is 10.3. The highest BCUT2D eigenvalue weighted by Crippen LogP contribution is 2.42. The first-order chi connectivity index (χ1) is 17.5. The van der Waals surface area contributed by atoms with Gasteiger partial charge in [0.1, 0.15) is 11.5 Å². The molecular weight excluding hydrogens is 464 g/mol. The van der Waals surface area contributed by atoms with Gasteiger partial charge in [-0.1, -0.05) is 72.6 Å². The van der Waals surface area contributed by atoms with Crippen molar-refractivity contribution < 1.29 is 24.2 Å². The molecule has 5 heteroatoms. The molecule has 210 valence electrons. The Kier molecular flexibility index (Phi) is 13.0. The molecule has 37 heavy (non-hydrogen) atoms. The smallest absolute Gasteiger partial charge is 0.311 e. The lowest BCUT2D eigenvalue weighted by atomic mass is 9.89. The third-order valence-corrected chi connectivity index (χ3v) is 8.17. The minimum atomic E-state index is -0.997. The van der Waals surface area contributed by atoms with E-state index < -0.39 is 11.9 Å². The molecule has 2 rings (SSSR count). The average molecular weight is 517 g/mol. The molecule has 0 amide bonds. The van der Waals surface area contributed by atoms with Gasteiger partial charge in [-0.15, -0.1) is 0 Å². The van der Waals surface area contributed by atoms with E-state index in [2.05, 4.69) is 27.7 Å². The third-order valence-electron chi connectivity index (χ3n) is 8.17. The van der Waals surface area contributed by atoms with Crippen LogP contribution in [0.25, 0.3) is 0 Å². The molecule has 1 aliphatic rings. The molecule has 1 aromatic carbocycles. The van der Waals surface area contributed by atoms with Crippen LogP contribution in [0.4, 0.5) is 0 Å². The van der Waals surface area contributed by atoms with E-state index in [1.54, 1.807) is 0 Å². The van der Waals surface area contributed by atoms with Gasteiger partial charge in [0.15, 0.2) is 0 Å². The van der Waals surface area contributed by atoms with Crippen molar-refractivity contribution in [3.05, 3.63) is 22.3 Å². The highest BCUT2D eigenvalue weighted by molar-refractivity contribution is 5.79. The SMILES string of the molecule is Cc1c(C)c2c(c(C)c1OC(=O)CCC(=O)O)CCC(CCCC(C)CCCC(C)CCCC(C)C)O2. The summed E-state index contributed by atoms with van der Waals surface area (Å²) in [5.74, 6) is 2.46. The maximum absolute atomic E-state index is 12.2. The highest BCUT2D eigenvalue weighted by Gasteiger charge is 2.27. The van der Waals surface area contributed by atoms with E-state index in [-0.39, 0.29) is 18.9 Å². The van der Waals surface area contributed by atoms with Gasteiger partial charge in [-0.05, 0) is 80.9 Å². The summed E-state index contributed by atoms with van der Waals surface area (Å²) >= 11 is 0. The maximum Gasteiger partial charge on any atom is 0.311 e. The number of rotatable bonds is 16. The molecule has 1 aromatic rings. The number of carboxylic acid groups (broad SMARTS) is 1. The van der Waals surface area contributed by atoms with E-state index in [0.29, 0.717) is 5.75 Å². The standard InChI is InChI=1S/C32H52O5/c1-21(2)11-8-12-22(3)13-9-14-23(4)15-10-16-27-17-18-28-26(7)31(24(5)25(6)32(28)36-27)37-30(35)20-19-29(33)34/h21-23,27H,8-20H2,1-7H3,(H,33,34). The minimum absolute atomic E-state index is 0.126. The molecule has 3 atom stereocenters. The average Bonchev–Trinajstić information content (AvgIpc) is 2.83. The summed E-state index contributed by atoms with van der Waals surface area (Å²) in [5, 5.41) is 8.83. The molecular formula is C32H52O5. The van der Waals surface area contributed by atoms with E-state index in [0.717, 1.165) is 65.0 Å². The van der Waals surface area contributed by atoms with Crippen molar-refractivity contribution in [2.75, 3.05) is 0 Å². The van der Waals surface area contributed by atoms with Crippen LogP contribution in [-0.4, -0.2) is 23.1 Å². The number of hydrogen-bond donors (Lipinski definition) is 1. The summed E-state index contributed by atoms with van der Waals surface area (Å²) in [6.07, 6.45) is 13.5. The van der Waals surface area contributed by atoms with Crippen LogP contribution in [0, 0.1) is 38.5 Å². The van der Waals surface area contributed by atoms with Crippen molar-refractivity contribution in [1.82, 2.24) is 0 Å². The minimum Gasteiger partial charge on any atom is -0.490 e. The molecule has 1 N–H and O–H groups in total. The van der Waals surface area contributed by atoms with Crippen LogP contribution in [-0.2, 0) is 16.0 Å². The number of hydrogen-bond acceptors (Lipinski definition) is 4. The number of ether oxygens (including phenoxy) is 2. The quantitative estimate of drug-likeness (QED) is 0.176. The van der Waals surface area contributed by atoms with Gasteiger partial charge in [-0.3, -0.25) is 9.59 Å². The van der Waals surface area contributed by atoms with Crippen molar-refractivity contribution in [1.29, 1.82) is 0 Å². The number of carbonyl (C=O) groups is 2. The molecule has 0 fully saturated rings. The van der Waals surface area contributed by atoms with Gasteiger partial charge in [0.05, 0.1) is 18.9 Å². The molecule has 0 radical (unpaired) electrons. The second kappa shape index (κ2) is 15.4. The van der Waals surface area contributed by atoms with Crippen LogP contribution < -0.4 is 9.47 Å². The topological polar surface area (TPSA) is 72.8 Å². The number of benzene rings is 1. The van der Waals surface area contributed by atoms with Crippen LogP contribution in [0.3, 0.4) is 0 Å². The second-order valence-electron chi connectivity index (χ2n) is 12.1. The highest BCUT2D eigenvalue weighted by atomic mass is 16.5. The van der Waals surface area contributed by atoms with Gasteiger partial charge in [0, 0.05) is 5.56 Å². The van der Waals surface area contributed by atoms with Gasteiger partial charge in [-0.2, -0.15) is 0 Å². The maximum atomic E-state index is 12.2. The van der Waals surface area contributed by atoms with E-state index in [1.165, 1.54) is 51.4 Å². The van der Waals surface area contributed by atoms with E-state index >= 15 is 0 Å². The Morgan fingerprint density at radius 1 is 0.865 bits per heavy atom. The molecule has 1 aliphatic heterocycles.